The lowest BCUT2D eigenvalue weighted by molar-refractivity contribution is 0.0997. The zero-order valence-corrected chi connectivity index (χ0v) is 14.2. The zero-order chi connectivity index (χ0) is 16.4. The van der Waals surface area contributed by atoms with Gasteiger partial charge in [-0.3, -0.25) is 4.79 Å². The Morgan fingerprint density at radius 3 is 2.78 bits per heavy atom. The summed E-state index contributed by atoms with van der Waals surface area (Å²) in [5, 5.41) is 0. The van der Waals surface area contributed by atoms with E-state index in [0.29, 0.717) is 16.1 Å². The van der Waals surface area contributed by atoms with Crippen LogP contribution in [0.2, 0.25) is 0 Å². The maximum absolute atomic E-state index is 12.4. The molecule has 0 fully saturated rings. The number of hydrogen-bond donors (Lipinski definition) is 0. The van der Waals surface area contributed by atoms with E-state index in [-0.39, 0.29) is 5.91 Å². The minimum Gasteiger partial charge on any atom is -0.497 e. The molecule has 0 unspecified atom stereocenters. The van der Waals surface area contributed by atoms with E-state index in [2.05, 4.69) is 24.0 Å². The van der Waals surface area contributed by atoms with Crippen LogP contribution in [0.15, 0.2) is 47.5 Å². The van der Waals surface area contributed by atoms with Crippen molar-refractivity contribution in [3.05, 3.63) is 58.4 Å². The third-order valence-corrected chi connectivity index (χ3v) is 4.90. The van der Waals surface area contributed by atoms with Gasteiger partial charge in [-0.25, -0.2) is 0 Å². The molecule has 23 heavy (non-hydrogen) atoms. The van der Waals surface area contributed by atoms with Gasteiger partial charge in [-0.1, -0.05) is 36.5 Å². The number of amides is 1. The van der Waals surface area contributed by atoms with Crippen LogP contribution in [0, 0.1) is 0 Å². The highest BCUT2D eigenvalue weighted by molar-refractivity contribution is 7.16. The molecule has 4 nitrogen and oxygen atoms in total. The fraction of sp³-hybridized carbons (Fsp3) is 0.222. The van der Waals surface area contributed by atoms with Crippen molar-refractivity contribution in [2.24, 2.45) is 12.0 Å². The van der Waals surface area contributed by atoms with Gasteiger partial charge in [0.25, 0.3) is 5.91 Å². The van der Waals surface area contributed by atoms with Gasteiger partial charge in [-0.15, -0.1) is 0 Å². The van der Waals surface area contributed by atoms with E-state index in [1.54, 1.807) is 25.3 Å². The first-order chi connectivity index (χ1) is 11.1. The molecule has 1 amide bonds. The van der Waals surface area contributed by atoms with Gasteiger partial charge in [0.2, 0.25) is 0 Å². The van der Waals surface area contributed by atoms with Crippen molar-refractivity contribution < 1.29 is 9.53 Å². The van der Waals surface area contributed by atoms with E-state index >= 15 is 0 Å². The summed E-state index contributed by atoms with van der Waals surface area (Å²) in [6, 6.07) is 13.3. The summed E-state index contributed by atoms with van der Waals surface area (Å²) >= 11 is 1.53. The smallest absolute Gasteiger partial charge is 0.279 e. The van der Waals surface area contributed by atoms with Crippen molar-refractivity contribution in [2.75, 3.05) is 7.11 Å². The van der Waals surface area contributed by atoms with Crippen LogP contribution in [-0.2, 0) is 13.5 Å². The molecule has 1 heterocycles. The molecule has 0 aliphatic rings. The summed E-state index contributed by atoms with van der Waals surface area (Å²) < 4.78 is 8.30. The Bertz CT molecular complexity index is 938. The van der Waals surface area contributed by atoms with Crippen LogP contribution >= 0.6 is 11.3 Å². The molecule has 2 aromatic carbocycles. The Labute approximate surface area is 138 Å². The summed E-state index contributed by atoms with van der Waals surface area (Å²) in [7, 11) is 3.54. The normalized spacial score (nSPS) is 11.9. The zero-order valence-electron chi connectivity index (χ0n) is 13.4. The number of methoxy groups -OCH3 is 1. The van der Waals surface area contributed by atoms with E-state index in [4.69, 9.17) is 4.74 Å². The predicted octanol–water partition coefficient (Wildman–Crippen LogP) is 3.55. The van der Waals surface area contributed by atoms with Crippen molar-refractivity contribution in [3.63, 3.8) is 0 Å². The van der Waals surface area contributed by atoms with Crippen molar-refractivity contribution in [3.8, 4) is 5.75 Å². The van der Waals surface area contributed by atoms with Crippen molar-refractivity contribution in [1.29, 1.82) is 0 Å². The Morgan fingerprint density at radius 1 is 1.26 bits per heavy atom. The number of fused-ring (bicyclic) bond motifs is 1. The number of benzene rings is 2. The highest BCUT2D eigenvalue weighted by Gasteiger charge is 2.10. The third-order valence-electron chi connectivity index (χ3n) is 3.80. The van der Waals surface area contributed by atoms with E-state index in [9.17, 15) is 4.79 Å². The molecule has 118 valence electrons. The Kier molecular flexibility index (Phi) is 4.30. The number of hydrogen-bond acceptors (Lipinski definition) is 3. The number of aryl methyl sites for hydroxylation is 2. The van der Waals surface area contributed by atoms with Crippen molar-refractivity contribution >= 4 is 27.5 Å². The van der Waals surface area contributed by atoms with Gasteiger partial charge in [0.1, 0.15) is 5.75 Å². The molecule has 0 aliphatic carbocycles. The van der Waals surface area contributed by atoms with Crippen LogP contribution in [0.3, 0.4) is 0 Å². The molecule has 0 atom stereocenters. The number of rotatable bonds is 3. The lowest BCUT2D eigenvalue weighted by Gasteiger charge is -2.02. The van der Waals surface area contributed by atoms with E-state index in [1.165, 1.54) is 16.9 Å². The minimum atomic E-state index is -0.260. The molecule has 1 aromatic heterocycles. The summed E-state index contributed by atoms with van der Waals surface area (Å²) in [6.45, 7) is 2.13. The van der Waals surface area contributed by atoms with Gasteiger partial charge in [0.05, 0.1) is 17.3 Å². The predicted molar refractivity (Wildman–Crippen MR) is 93.1 cm³/mol. The minimum absolute atomic E-state index is 0.260. The van der Waals surface area contributed by atoms with Crippen LogP contribution in [0.1, 0.15) is 22.8 Å². The lowest BCUT2D eigenvalue weighted by Crippen LogP contribution is -2.14. The van der Waals surface area contributed by atoms with Crippen LogP contribution in [0.25, 0.3) is 10.2 Å². The highest BCUT2D eigenvalue weighted by atomic mass is 32.1. The summed E-state index contributed by atoms with van der Waals surface area (Å²) in [6.07, 6.45) is 0.950. The first-order valence-corrected chi connectivity index (χ1v) is 8.26. The average molecular weight is 326 g/mol. The van der Waals surface area contributed by atoms with Crippen LogP contribution in [0.4, 0.5) is 0 Å². The van der Waals surface area contributed by atoms with Crippen LogP contribution in [0.5, 0.6) is 5.75 Å². The van der Waals surface area contributed by atoms with E-state index in [0.717, 1.165) is 16.6 Å². The van der Waals surface area contributed by atoms with E-state index in [1.807, 2.05) is 23.7 Å². The number of nitrogens with zero attached hydrogens (tertiary/aromatic N) is 2. The second-order valence-corrected chi connectivity index (χ2v) is 6.22. The number of para-hydroxylation sites is 1. The topological polar surface area (TPSA) is 43.6 Å². The molecule has 0 radical (unpaired) electrons. The molecule has 0 spiro atoms. The van der Waals surface area contributed by atoms with Gasteiger partial charge in [0, 0.05) is 12.6 Å². The van der Waals surface area contributed by atoms with Gasteiger partial charge in [-0.2, -0.15) is 4.99 Å². The molecule has 0 saturated carbocycles. The van der Waals surface area contributed by atoms with Gasteiger partial charge in [0.15, 0.2) is 4.80 Å². The van der Waals surface area contributed by atoms with Crippen LogP contribution in [-0.4, -0.2) is 17.6 Å². The molecule has 0 aliphatic heterocycles. The molecular weight excluding hydrogens is 308 g/mol. The van der Waals surface area contributed by atoms with Gasteiger partial charge >= 0.3 is 0 Å². The van der Waals surface area contributed by atoms with E-state index < -0.39 is 0 Å². The highest BCUT2D eigenvalue weighted by Crippen LogP contribution is 2.21. The Morgan fingerprint density at radius 2 is 2.04 bits per heavy atom. The molecule has 3 rings (SSSR count). The molecule has 0 saturated heterocycles. The molecule has 3 aromatic rings. The first kappa shape index (κ1) is 15.5. The maximum Gasteiger partial charge on any atom is 0.279 e. The second-order valence-electron chi connectivity index (χ2n) is 5.21. The number of carbonyl (C=O) groups excluding carboxylic acids is 1. The standard InChI is InChI=1S/C18H18N2O2S/c1-4-12-7-6-10-15-16(12)20(2)18(23-15)19-17(21)13-8-5-9-14(11-13)22-3/h5-11H,4H2,1-3H3. The molecule has 0 bridgehead atoms. The number of ether oxygens (including phenoxy) is 1. The van der Waals surface area contributed by atoms with Crippen molar-refractivity contribution in [1.82, 2.24) is 4.57 Å². The number of aromatic nitrogens is 1. The average Bonchev–Trinajstić information content (AvgIpc) is 2.91. The molecule has 5 heteroatoms. The monoisotopic (exact) mass is 326 g/mol. The maximum atomic E-state index is 12.4. The quantitative estimate of drug-likeness (QED) is 0.739. The van der Waals surface area contributed by atoms with Crippen LogP contribution < -0.4 is 9.54 Å². The molecular formula is C18H18N2O2S. The third kappa shape index (κ3) is 2.92. The Balaban J connectivity index is 2.10. The SMILES string of the molecule is CCc1cccc2sc(=NC(=O)c3cccc(OC)c3)n(C)c12. The largest absolute Gasteiger partial charge is 0.497 e. The van der Waals surface area contributed by atoms with Gasteiger partial charge < -0.3 is 9.30 Å². The second kappa shape index (κ2) is 6.38. The number of carbonyl (C=O) groups is 1. The summed E-state index contributed by atoms with van der Waals surface area (Å²) in [5.41, 5.74) is 2.94. The number of thiazole rings is 1. The fourth-order valence-electron chi connectivity index (χ4n) is 2.58. The summed E-state index contributed by atoms with van der Waals surface area (Å²) in [5.74, 6) is 0.393. The lowest BCUT2D eigenvalue weighted by atomic mass is 10.1. The van der Waals surface area contributed by atoms with Crippen molar-refractivity contribution in [2.45, 2.75) is 13.3 Å². The summed E-state index contributed by atoms with van der Waals surface area (Å²) in [4.78, 5) is 17.4. The van der Waals surface area contributed by atoms with Gasteiger partial charge in [-0.05, 0) is 36.2 Å². The fourth-order valence-corrected chi connectivity index (χ4v) is 3.65. The first-order valence-electron chi connectivity index (χ1n) is 7.44. The molecule has 0 N–H and O–H groups in total. The Hall–Kier alpha value is -2.40.